The fourth-order valence-corrected chi connectivity index (χ4v) is 2.94. The van der Waals surface area contributed by atoms with Gasteiger partial charge < -0.3 is 15.3 Å². The number of rotatable bonds is 5. The fourth-order valence-electron chi connectivity index (χ4n) is 2.94. The van der Waals surface area contributed by atoms with Gasteiger partial charge in [0.1, 0.15) is 5.82 Å². The summed E-state index contributed by atoms with van der Waals surface area (Å²) in [7, 11) is 1.88. The Hall–Kier alpha value is -1.13. The monoisotopic (exact) mass is 280 g/mol. The molecule has 0 radical (unpaired) electrons. The van der Waals surface area contributed by atoms with E-state index in [0.29, 0.717) is 12.2 Å². The zero-order valence-electron chi connectivity index (χ0n) is 12.4. The van der Waals surface area contributed by atoms with Gasteiger partial charge in [0.2, 0.25) is 0 Å². The number of hydrogen-bond donors (Lipinski definition) is 2. The van der Waals surface area contributed by atoms with Gasteiger partial charge in [-0.05, 0) is 37.1 Å². The Morgan fingerprint density at radius 1 is 1.35 bits per heavy atom. The lowest BCUT2D eigenvalue weighted by molar-refractivity contribution is 0.106. The first-order valence-corrected chi connectivity index (χ1v) is 7.53. The molecule has 1 aromatic rings. The van der Waals surface area contributed by atoms with Gasteiger partial charge in [-0.25, -0.2) is 4.39 Å². The molecule has 112 valence electrons. The molecule has 1 aliphatic carbocycles. The highest BCUT2D eigenvalue weighted by atomic mass is 19.1. The molecular weight excluding hydrogens is 255 g/mol. The van der Waals surface area contributed by atoms with Crippen molar-refractivity contribution in [3.63, 3.8) is 0 Å². The second kappa shape index (κ2) is 7.04. The molecule has 4 heteroatoms. The molecule has 0 spiro atoms. The molecule has 0 bridgehead atoms. The number of nitrogens with zero attached hydrogens (tertiary/aromatic N) is 1. The first kappa shape index (κ1) is 15.3. The summed E-state index contributed by atoms with van der Waals surface area (Å²) in [5.41, 5.74) is 1.53. The molecule has 1 aliphatic rings. The maximum Gasteiger partial charge on any atom is 0.146 e. The minimum atomic E-state index is -0.352. The van der Waals surface area contributed by atoms with Crippen molar-refractivity contribution in [1.29, 1.82) is 0 Å². The van der Waals surface area contributed by atoms with E-state index in [2.05, 4.69) is 5.32 Å². The topological polar surface area (TPSA) is 35.5 Å². The van der Waals surface area contributed by atoms with Crippen LogP contribution in [0.1, 0.15) is 38.2 Å². The van der Waals surface area contributed by atoms with E-state index in [1.54, 1.807) is 6.07 Å². The van der Waals surface area contributed by atoms with E-state index in [9.17, 15) is 9.50 Å². The molecule has 0 aliphatic heterocycles. The summed E-state index contributed by atoms with van der Waals surface area (Å²) in [5, 5.41) is 13.3. The molecule has 0 saturated heterocycles. The number of hydrogen-bond acceptors (Lipinski definition) is 3. The van der Waals surface area contributed by atoms with Gasteiger partial charge in [-0.15, -0.1) is 0 Å². The van der Waals surface area contributed by atoms with Gasteiger partial charge in [-0.1, -0.05) is 25.8 Å². The molecule has 0 aromatic heterocycles. The summed E-state index contributed by atoms with van der Waals surface area (Å²) in [5.74, 6) is -0.208. The first-order valence-electron chi connectivity index (χ1n) is 7.53. The van der Waals surface area contributed by atoms with Crippen LogP contribution in [0.25, 0.3) is 0 Å². The molecule has 2 N–H and O–H groups in total. The van der Waals surface area contributed by atoms with Crippen LogP contribution < -0.4 is 10.2 Å². The zero-order chi connectivity index (χ0) is 14.5. The lowest BCUT2D eigenvalue weighted by Crippen LogP contribution is -2.43. The van der Waals surface area contributed by atoms with E-state index in [0.717, 1.165) is 37.8 Å². The van der Waals surface area contributed by atoms with Gasteiger partial charge in [0.05, 0.1) is 17.8 Å². The Morgan fingerprint density at radius 2 is 2.10 bits per heavy atom. The molecule has 0 heterocycles. The average molecular weight is 280 g/mol. The van der Waals surface area contributed by atoms with Gasteiger partial charge >= 0.3 is 0 Å². The summed E-state index contributed by atoms with van der Waals surface area (Å²) in [6.07, 6.45) is 3.56. The van der Waals surface area contributed by atoms with Crippen LogP contribution in [0.15, 0.2) is 18.2 Å². The Kier molecular flexibility index (Phi) is 5.38. The lowest BCUT2D eigenvalue weighted by atomic mass is 9.91. The molecule has 1 saturated carbocycles. The highest BCUT2D eigenvalue weighted by Crippen LogP contribution is 2.28. The smallest absolute Gasteiger partial charge is 0.146 e. The van der Waals surface area contributed by atoms with Crippen LogP contribution in [0, 0.1) is 5.82 Å². The maximum absolute atomic E-state index is 14.3. The van der Waals surface area contributed by atoms with Crippen LogP contribution >= 0.6 is 0 Å². The highest BCUT2D eigenvalue weighted by Gasteiger charge is 2.27. The van der Waals surface area contributed by atoms with E-state index in [1.165, 1.54) is 0 Å². The second-order valence-electron chi connectivity index (χ2n) is 5.60. The standard InChI is InChI=1S/C16H25FN2O/c1-3-18-11-12-8-9-14(13(17)10-12)19(2)15-6-4-5-7-16(15)20/h8-10,15-16,18,20H,3-7,11H2,1-2H3. The fraction of sp³-hybridized carbons (Fsp3) is 0.625. The number of nitrogens with one attached hydrogen (secondary N) is 1. The normalized spacial score (nSPS) is 22.8. The van der Waals surface area contributed by atoms with Gasteiger partial charge in [0.15, 0.2) is 0 Å². The minimum Gasteiger partial charge on any atom is -0.391 e. The van der Waals surface area contributed by atoms with Crippen molar-refractivity contribution < 1.29 is 9.50 Å². The zero-order valence-corrected chi connectivity index (χ0v) is 12.4. The predicted octanol–water partition coefficient (Wildman–Crippen LogP) is 2.67. The number of anilines is 1. The van der Waals surface area contributed by atoms with Gasteiger partial charge in [0.25, 0.3) is 0 Å². The maximum atomic E-state index is 14.3. The van der Waals surface area contributed by atoms with Crippen LogP contribution in [0.4, 0.5) is 10.1 Å². The van der Waals surface area contributed by atoms with Crippen molar-refractivity contribution in [2.24, 2.45) is 0 Å². The highest BCUT2D eigenvalue weighted by molar-refractivity contribution is 5.49. The molecule has 2 rings (SSSR count). The van der Waals surface area contributed by atoms with E-state index in [1.807, 2.05) is 31.0 Å². The summed E-state index contributed by atoms with van der Waals surface area (Å²) in [4.78, 5) is 1.90. The van der Waals surface area contributed by atoms with Crippen LogP contribution in [0.2, 0.25) is 0 Å². The van der Waals surface area contributed by atoms with Crippen LogP contribution in [-0.2, 0) is 6.54 Å². The van der Waals surface area contributed by atoms with Crippen LogP contribution in [-0.4, -0.2) is 30.8 Å². The molecule has 3 nitrogen and oxygen atoms in total. The van der Waals surface area contributed by atoms with Gasteiger partial charge in [-0.3, -0.25) is 0 Å². The Morgan fingerprint density at radius 3 is 2.75 bits per heavy atom. The third-order valence-corrected chi connectivity index (χ3v) is 4.16. The van der Waals surface area contributed by atoms with Crippen LogP contribution in [0.5, 0.6) is 0 Å². The Bertz CT molecular complexity index is 438. The van der Waals surface area contributed by atoms with Crippen molar-refractivity contribution in [1.82, 2.24) is 5.32 Å². The van der Waals surface area contributed by atoms with Crippen molar-refractivity contribution in [2.75, 3.05) is 18.5 Å². The lowest BCUT2D eigenvalue weighted by Gasteiger charge is -2.36. The summed E-state index contributed by atoms with van der Waals surface area (Å²) >= 11 is 0. The SMILES string of the molecule is CCNCc1ccc(N(C)C2CCCCC2O)c(F)c1. The molecule has 2 atom stereocenters. The van der Waals surface area contributed by atoms with Crippen LogP contribution in [0.3, 0.4) is 0 Å². The third kappa shape index (κ3) is 3.49. The average Bonchev–Trinajstić information content (AvgIpc) is 2.45. The molecule has 20 heavy (non-hydrogen) atoms. The van der Waals surface area contributed by atoms with Crippen molar-refractivity contribution in [2.45, 2.75) is 51.3 Å². The largest absolute Gasteiger partial charge is 0.391 e. The summed E-state index contributed by atoms with van der Waals surface area (Å²) in [6.45, 7) is 3.59. The Labute approximate surface area is 120 Å². The van der Waals surface area contributed by atoms with E-state index in [4.69, 9.17) is 0 Å². The van der Waals surface area contributed by atoms with Crippen molar-refractivity contribution >= 4 is 5.69 Å². The number of benzene rings is 1. The van der Waals surface area contributed by atoms with E-state index in [-0.39, 0.29) is 18.0 Å². The van der Waals surface area contributed by atoms with E-state index < -0.39 is 0 Å². The van der Waals surface area contributed by atoms with Crippen molar-refractivity contribution in [3.8, 4) is 0 Å². The molecule has 1 aromatic carbocycles. The number of aliphatic hydroxyl groups excluding tert-OH is 1. The minimum absolute atomic E-state index is 0.0258. The molecule has 1 fully saturated rings. The van der Waals surface area contributed by atoms with Gasteiger partial charge in [-0.2, -0.15) is 0 Å². The molecule has 2 unspecified atom stereocenters. The van der Waals surface area contributed by atoms with Crippen molar-refractivity contribution in [3.05, 3.63) is 29.6 Å². The quantitative estimate of drug-likeness (QED) is 0.870. The number of aliphatic hydroxyl groups is 1. The second-order valence-corrected chi connectivity index (χ2v) is 5.60. The Balaban J connectivity index is 2.11. The summed E-state index contributed by atoms with van der Waals surface area (Å²) < 4.78 is 14.3. The third-order valence-electron chi connectivity index (χ3n) is 4.16. The molecule has 0 amide bonds. The number of likely N-dealkylation sites (N-methyl/N-ethyl adjacent to an activating group) is 1. The van der Waals surface area contributed by atoms with E-state index >= 15 is 0 Å². The number of halogens is 1. The van der Waals surface area contributed by atoms with Gasteiger partial charge in [0, 0.05) is 13.6 Å². The summed E-state index contributed by atoms with van der Waals surface area (Å²) in [6, 6.07) is 5.39. The predicted molar refractivity (Wildman–Crippen MR) is 80.4 cm³/mol. The first-order chi connectivity index (χ1) is 9.63. The molecular formula is C16H25FN2O.